The zero-order chi connectivity index (χ0) is 17.7. The van der Waals surface area contributed by atoms with E-state index < -0.39 is 0 Å². The number of rotatable bonds is 8. The molecular weight excluding hydrogens is 312 g/mol. The van der Waals surface area contributed by atoms with E-state index in [1.807, 2.05) is 12.1 Å². The smallest absolute Gasteiger partial charge is 0.251 e. The van der Waals surface area contributed by atoms with Gasteiger partial charge in [-0.05, 0) is 74.2 Å². The molecule has 1 aliphatic carbocycles. The zero-order valence-corrected chi connectivity index (χ0v) is 15.5. The van der Waals surface area contributed by atoms with Gasteiger partial charge in [-0.3, -0.25) is 9.69 Å². The molecule has 25 heavy (non-hydrogen) atoms. The van der Waals surface area contributed by atoms with Crippen molar-refractivity contribution in [1.82, 2.24) is 10.2 Å². The average molecular weight is 344 g/mol. The van der Waals surface area contributed by atoms with Gasteiger partial charge in [0.25, 0.3) is 5.91 Å². The van der Waals surface area contributed by atoms with Crippen molar-refractivity contribution in [2.24, 2.45) is 11.3 Å². The molecule has 1 aromatic rings. The Kier molecular flexibility index (Phi) is 6.13. The van der Waals surface area contributed by atoms with Gasteiger partial charge >= 0.3 is 0 Å². The molecule has 0 aromatic heterocycles. The number of hydrogen-bond donors (Lipinski definition) is 2. The Morgan fingerprint density at radius 3 is 2.48 bits per heavy atom. The first kappa shape index (κ1) is 18.4. The molecule has 2 aliphatic rings. The zero-order valence-electron chi connectivity index (χ0n) is 15.5. The second kappa shape index (κ2) is 8.33. The van der Waals surface area contributed by atoms with Gasteiger partial charge in [-0.25, -0.2) is 0 Å². The summed E-state index contributed by atoms with van der Waals surface area (Å²) >= 11 is 0. The van der Waals surface area contributed by atoms with Gasteiger partial charge in [0.2, 0.25) is 0 Å². The standard InChI is InChI=1S/C21H32N2O2/c1-2-9-21(10-11-21)16-22-20(25)19-5-3-17(4-6-19)14-23-12-7-18(15-24)8-13-23/h3-6,18,24H,2,7-16H2,1H3,(H,22,25). The number of hydrogen-bond acceptors (Lipinski definition) is 3. The largest absolute Gasteiger partial charge is 0.396 e. The van der Waals surface area contributed by atoms with Crippen molar-refractivity contribution in [2.45, 2.75) is 52.0 Å². The molecule has 4 nitrogen and oxygen atoms in total. The first-order valence-corrected chi connectivity index (χ1v) is 9.84. The highest BCUT2D eigenvalue weighted by molar-refractivity contribution is 5.94. The summed E-state index contributed by atoms with van der Waals surface area (Å²) in [7, 11) is 0. The third-order valence-corrected chi connectivity index (χ3v) is 5.95. The summed E-state index contributed by atoms with van der Waals surface area (Å²) in [4.78, 5) is 14.8. The predicted octanol–water partition coefficient (Wildman–Crippen LogP) is 3.20. The van der Waals surface area contributed by atoms with E-state index in [-0.39, 0.29) is 5.91 Å². The molecule has 0 radical (unpaired) electrons. The maximum Gasteiger partial charge on any atom is 0.251 e. The van der Waals surface area contributed by atoms with E-state index >= 15 is 0 Å². The number of aliphatic hydroxyl groups is 1. The highest BCUT2D eigenvalue weighted by atomic mass is 16.3. The van der Waals surface area contributed by atoms with E-state index in [0.29, 0.717) is 17.9 Å². The van der Waals surface area contributed by atoms with Crippen molar-refractivity contribution in [1.29, 1.82) is 0 Å². The SMILES string of the molecule is CCCC1(CNC(=O)c2ccc(CN3CCC(CO)CC3)cc2)CC1. The van der Waals surface area contributed by atoms with Crippen LogP contribution in [0.2, 0.25) is 0 Å². The monoisotopic (exact) mass is 344 g/mol. The van der Waals surface area contributed by atoms with Crippen molar-refractivity contribution < 1.29 is 9.90 Å². The Hall–Kier alpha value is -1.39. The van der Waals surface area contributed by atoms with Gasteiger partial charge < -0.3 is 10.4 Å². The fourth-order valence-electron chi connectivity index (χ4n) is 3.94. The molecule has 4 heteroatoms. The van der Waals surface area contributed by atoms with E-state index in [1.54, 1.807) is 0 Å². The van der Waals surface area contributed by atoms with Gasteiger partial charge in [0.05, 0.1) is 0 Å². The van der Waals surface area contributed by atoms with Gasteiger partial charge in [0, 0.05) is 25.3 Å². The third kappa shape index (κ3) is 5.05. The molecule has 0 atom stereocenters. The Labute approximate surface area is 151 Å². The molecule has 2 fully saturated rings. The molecule has 138 valence electrons. The van der Waals surface area contributed by atoms with Crippen LogP contribution in [0.3, 0.4) is 0 Å². The lowest BCUT2D eigenvalue weighted by molar-refractivity contribution is 0.0943. The molecule has 0 spiro atoms. The second-order valence-corrected chi connectivity index (χ2v) is 8.03. The molecule has 3 rings (SSSR count). The van der Waals surface area contributed by atoms with E-state index in [0.717, 1.165) is 44.6 Å². The van der Waals surface area contributed by atoms with E-state index in [1.165, 1.54) is 31.2 Å². The minimum Gasteiger partial charge on any atom is -0.396 e. The van der Waals surface area contributed by atoms with Crippen LogP contribution >= 0.6 is 0 Å². The lowest BCUT2D eigenvalue weighted by Gasteiger charge is -2.31. The number of benzene rings is 1. The Bertz CT molecular complexity index is 558. The summed E-state index contributed by atoms with van der Waals surface area (Å²) in [6.45, 7) is 6.38. The summed E-state index contributed by atoms with van der Waals surface area (Å²) < 4.78 is 0. The Balaban J connectivity index is 1.46. The number of carbonyl (C=O) groups is 1. The van der Waals surface area contributed by atoms with E-state index in [4.69, 9.17) is 0 Å². The first-order valence-electron chi connectivity index (χ1n) is 9.84. The number of amides is 1. The minimum atomic E-state index is 0.0534. The van der Waals surface area contributed by atoms with Crippen molar-refractivity contribution >= 4 is 5.91 Å². The van der Waals surface area contributed by atoms with Crippen molar-refractivity contribution in [2.75, 3.05) is 26.2 Å². The van der Waals surface area contributed by atoms with Gasteiger partial charge in [-0.15, -0.1) is 0 Å². The molecule has 1 saturated heterocycles. The van der Waals surface area contributed by atoms with Crippen LogP contribution in [0.25, 0.3) is 0 Å². The topological polar surface area (TPSA) is 52.6 Å². The molecule has 2 N–H and O–H groups in total. The molecule has 1 saturated carbocycles. The number of aliphatic hydroxyl groups excluding tert-OH is 1. The van der Waals surface area contributed by atoms with Gasteiger partial charge in [0.15, 0.2) is 0 Å². The van der Waals surface area contributed by atoms with Crippen LogP contribution in [-0.4, -0.2) is 42.2 Å². The van der Waals surface area contributed by atoms with Gasteiger partial charge in [0.1, 0.15) is 0 Å². The molecule has 1 amide bonds. The van der Waals surface area contributed by atoms with Crippen LogP contribution < -0.4 is 5.32 Å². The first-order chi connectivity index (χ1) is 12.1. The van der Waals surface area contributed by atoms with Crippen LogP contribution in [0.1, 0.15) is 61.4 Å². The van der Waals surface area contributed by atoms with E-state index in [9.17, 15) is 9.90 Å². The molecule has 1 aromatic carbocycles. The second-order valence-electron chi connectivity index (χ2n) is 8.03. The lowest BCUT2D eigenvalue weighted by atomic mass is 9.97. The number of carbonyl (C=O) groups excluding carboxylic acids is 1. The summed E-state index contributed by atoms with van der Waals surface area (Å²) in [6, 6.07) is 8.05. The summed E-state index contributed by atoms with van der Waals surface area (Å²) in [5.41, 5.74) is 2.41. The fourth-order valence-corrected chi connectivity index (χ4v) is 3.94. The minimum absolute atomic E-state index is 0.0534. The molecule has 1 aliphatic heterocycles. The average Bonchev–Trinajstić information content (AvgIpc) is 3.41. The summed E-state index contributed by atoms with van der Waals surface area (Å²) in [6.07, 6.45) is 7.09. The molecular formula is C21H32N2O2. The predicted molar refractivity (Wildman–Crippen MR) is 100 cm³/mol. The van der Waals surface area contributed by atoms with Crippen LogP contribution in [0, 0.1) is 11.3 Å². The van der Waals surface area contributed by atoms with Gasteiger partial charge in [-0.2, -0.15) is 0 Å². The lowest BCUT2D eigenvalue weighted by Crippen LogP contribution is -2.34. The van der Waals surface area contributed by atoms with Crippen LogP contribution in [-0.2, 0) is 6.54 Å². The van der Waals surface area contributed by atoms with Crippen molar-refractivity contribution in [3.8, 4) is 0 Å². The molecule has 0 bridgehead atoms. The van der Waals surface area contributed by atoms with Crippen LogP contribution in [0.5, 0.6) is 0 Å². The maximum absolute atomic E-state index is 12.3. The Morgan fingerprint density at radius 1 is 1.24 bits per heavy atom. The normalized spacial score (nSPS) is 20.4. The summed E-state index contributed by atoms with van der Waals surface area (Å²) in [5, 5.41) is 12.3. The van der Waals surface area contributed by atoms with Gasteiger partial charge in [-0.1, -0.05) is 25.5 Å². The fraction of sp³-hybridized carbons (Fsp3) is 0.667. The molecule has 0 unspecified atom stereocenters. The highest BCUT2D eigenvalue weighted by Gasteiger charge is 2.41. The Morgan fingerprint density at radius 2 is 1.92 bits per heavy atom. The number of nitrogens with one attached hydrogen (secondary N) is 1. The quantitative estimate of drug-likeness (QED) is 0.761. The van der Waals surface area contributed by atoms with Crippen LogP contribution in [0.4, 0.5) is 0 Å². The number of likely N-dealkylation sites (tertiary alicyclic amines) is 1. The maximum atomic E-state index is 12.3. The summed E-state index contributed by atoms with van der Waals surface area (Å²) in [5.74, 6) is 0.530. The van der Waals surface area contributed by atoms with Crippen molar-refractivity contribution in [3.63, 3.8) is 0 Å². The molecule has 1 heterocycles. The number of nitrogens with zero attached hydrogens (tertiary/aromatic N) is 1. The number of piperidine rings is 1. The van der Waals surface area contributed by atoms with Crippen molar-refractivity contribution in [3.05, 3.63) is 35.4 Å². The van der Waals surface area contributed by atoms with E-state index in [2.05, 4.69) is 29.3 Å². The highest BCUT2D eigenvalue weighted by Crippen LogP contribution is 2.48. The van der Waals surface area contributed by atoms with Crippen LogP contribution in [0.15, 0.2) is 24.3 Å². The third-order valence-electron chi connectivity index (χ3n) is 5.95.